The summed E-state index contributed by atoms with van der Waals surface area (Å²) in [6.07, 6.45) is -7.18. The highest BCUT2D eigenvalue weighted by Crippen LogP contribution is 2.61. The van der Waals surface area contributed by atoms with Crippen LogP contribution in [-0.2, 0) is 16.0 Å². The van der Waals surface area contributed by atoms with Crippen LogP contribution in [0.15, 0.2) is 29.2 Å². The molecule has 3 aliphatic heterocycles. The van der Waals surface area contributed by atoms with E-state index in [9.17, 15) is 27.1 Å². The largest absolute Gasteiger partial charge is 0.434 e. The average molecular weight is 466 g/mol. The van der Waals surface area contributed by atoms with Gasteiger partial charge >= 0.3 is 12.3 Å². The number of hydrogen-bond acceptors (Lipinski definition) is 7. The Hall–Kier alpha value is -1.57. The second-order valence-corrected chi connectivity index (χ2v) is 10.1. The number of aliphatic hydroxyl groups excluding tert-OH is 1. The minimum Gasteiger partial charge on any atom is -0.434 e. The van der Waals surface area contributed by atoms with Crippen LogP contribution in [-0.4, -0.2) is 79.7 Å². The number of benzene rings is 1. The van der Waals surface area contributed by atoms with E-state index >= 15 is 0 Å². The van der Waals surface area contributed by atoms with E-state index in [0.717, 1.165) is 5.56 Å². The van der Waals surface area contributed by atoms with Gasteiger partial charge < -0.3 is 19.5 Å². The molecule has 0 aromatic heterocycles. The molecule has 0 bridgehead atoms. The Morgan fingerprint density at radius 1 is 1.29 bits per heavy atom. The number of nitrogens with zero attached hydrogens (tertiary/aromatic N) is 2. The van der Waals surface area contributed by atoms with Crippen LogP contribution >= 0.6 is 10.8 Å². The number of likely N-dealkylation sites (tertiary alicyclic amines) is 1. The average Bonchev–Trinajstić information content (AvgIpc) is 3.24. The quantitative estimate of drug-likeness (QED) is 0.629. The van der Waals surface area contributed by atoms with Crippen molar-refractivity contribution in [2.24, 2.45) is 0 Å². The third kappa shape index (κ3) is 4.24. The molecule has 8 nitrogen and oxygen atoms in total. The summed E-state index contributed by atoms with van der Waals surface area (Å²) < 4.78 is 71.8. The minimum absolute atomic E-state index is 0.151. The van der Waals surface area contributed by atoms with Crippen LogP contribution in [0.2, 0.25) is 0 Å². The van der Waals surface area contributed by atoms with Crippen molar-refractivity contribution in [2.45, 2.75) is 54.6 Å². The van der Waals surface area contributed by atoms with Gasteiger partial charge in [-0.2, -0.15) is 17.5 Å². The summed E-state index contributed by atoms with van der Waals surface area (Å²) in [7, 11) is -3.10. The molecule has 1 amide bonds. The number of ether oxygens (including phenoxy) is 2. The first-order chi connectivity index (χ1) is 14.6. The predicted octanol–water partition coefficient (Wildman–Crippen LogP) is 3.21. The van der Waals surface area contributed by atoms with E-state index in [-0.39, 0.29) is 19.1 Å². The van der Waals surface area contributed by atoms with Gasteiger partial charge in [-0.05, 0) is 30.9 Å². The molecule has 1 spiro atoms. The summed E-state index contributed by atoms with van der Waals surface area (Å²) in [6.45, 7) is -0.325. The van der Waals surface area contributed by atoms with Crippen LogP contribution in [0.4, 0.5) is 18.0 Å². The molecule has 31 heavy (non-hydrogen) atoms. The van der Waals surface area contributed by atoms with Crippen molar-refractivity contribution >= 4 is 16.9 Å². The number of carbonyl (C=O) groups excluding carboxylic acids is 1. The van der Waals surface area contributed by atoms with Crippen LogP contribution in [0.5, 0.6) is 0 Å². The Balaban J connectivity index is 1.35. The van der Waals surface area contributed by atoms with Crippen LogP contribution < -0.4 is 0 Å². The number of rotatable bonds is 3. The molecule has 0 aliphatic carbocycles. The number of amides is 1. The molecule has 1 aromatic carbocycles. The maximum atomic E-state index is 12.7. The molecule has 4 rings (SSSR count). The standard InChI is InChI=1S/C19H25F3N2O6S/c20-19(21,22)16(11-25)30-17(26)23-7-5-18(6-8-23)9-14(12-29-18)24-10-13-3-1-2-4-15(13)31(24,27)28/h1-4,14,16,25,27-28H,5-12H2. The van der Waals surface area contributed by atoms with Crippen molar-refractivity contribution in [1.82, 2.24) is 9.21 Å². The minimum atomic E-state index is -4.83. The number of carbonyl (C=O) groups is 1. The Bertz CT molecular complexity index is 831. The molecular weight excluding hydrogens is 441 g/mol. The topological polar surface area (TPSA) is 103 Å². The number of fused-ring (bicyclic) bond motifs is 1. The number of piperidine rings is 1. The second kappa shape index (κ2) is 8.09. The van der Waals surface area contributed by atoms with Gasteiger partial charge in [-0.3, -0.25) is 9.11 Å². The smallest absolute Gasteiger partial charge is 0.427 e. The Morgan fingerprint density at radius 2 is 1.97 bits per heavy atom. The summed E-state index contributed by atoms with van der Waals surface area (Å²) in [5.41, 5.74) is 0.288. The lowest BCUT2D eigenvalue weighted by Crippen LogP contribution is -2.49. The van der Waals surface area contributed by atoms with Crippen LogP contribution in [0.25, 0.3) is 0 Å². The van der Waals surface area contributed by atoms with Gasteiger partial charge in [-0.15, -0.1) is 10.8 Å². The van der Waals surface area contributed by atoms with E-state index < -0.39 is 41.4 Å². The van der Waals surface area contributed by atoms with Crippen LogP contribution in [0.1, 0.15) is 24.8 Å². The van der Waals surface area contributed by atoms with Crippen molar-refractivity contribution in [3.63, 3.8) is 0 Å². The van der Waals surface area contributed by atoms with E-state index in [0.29, 0.717) is 37.3 Å². The van der Waals surface area contributed by atoms with E-state index in [4.69, 9.17) is 9.84 Å². The molecule has 2 saturated heterocycles. The SMILES string of the molecule is O=C(OC(CO)C(F)(F)F)N1CCC2(CC1)CC(N1Cc3ccccc3S1(O)O)CO2. The zero-order valence-corrected chi connectivity index (χ0v) is 17.4. The maximum absolute atomic E-state index is 12.7. The van der Waals surface area contributed by atoms with E-state index in [1.165, 1.54) is 4.90 Å². The Kier molecular flexibility index (Phi) is 5.90. The fourth-order valence-electron chi connectivity index (χ4n) is 4.48. The van der Waals surface area contributed by atoms with Crippen molar-refractivity contribution in [3.05, 3.63) is 29.8 Å². The zero-order valence-electron chi connectivity index (χ0n) is 16.6. The van der Waals surface area contributed by atoms with Crippen molar-refractivity contribution < 1.29 is 41.7 Å². The van der Waals surface area contributed by atoms with Crippen LogP contribution in [0, 0.1) is 0 Å². The van der Waals surface area contributed by atoms with Crippen molar-refractivity contribution in [3.8, 4) is 0 Å². The number of aliphatic hydroxyl groups is 1. The summed E-state index contributed by atoms with van der Waals surface area (Å²) in [5, 5.41) is 8.84. The first kappa shape index (κ1) is 22.6. The summed E-state index contributed by atoms with van der Waals surface area (Å²) >= 11 is 0. The highest BCUT2D eigenvalue weighted by molar-refractivity contribution is 8.22. The molecule has 3 aliphatic rings. The van der Waals surface area contributed by atoms with E-state index in [1.807, 2.05) is 12.1 Å². The first-order valence-electron chi connectivity index (χ1n) is 9.96. The highest BCUT2D eigenvalue weighted by Gasteiger charge is 2.50. The molecule has 2 unspecified atom stereocenters. The molecule has 0 radical (unpaired) electrons. The zero-order chi connectivity index (χ0) is 22.4. The van der Waals surface area contributed by atoms with Crippen molar-refractivity contribution in [2.75, 3.05) is 26.3 Å². The molecule has 12 heteroatoms. The Morgan fingerprint density at radius 3 is 2.58 bits per heavy atom. The summed E-state index contributed by atoms with van der Waals surface area (Å²) in [5.74, 6) is 0. The summed E-state index contributed by atoms with van der Waals surface area (Å²) in [6, 6.07) is 6.96. The van der Waals surface area contributed by atoms with E-state index in [1.54, 1.807) is 16.4 Å². The summed E-state index contributed by atoms with van der Waals surface area (Å²) in [4.78, 5) is 13.8. The lowest BCUT2D eigenvalue weighted by atomic mass is 9.87. The molecule has 1 aromatic rings. The number of alkyl halides is 3. The lowest BCUT2D eigenvalue weighted by Gasteiger charge is -2.41. The molecule has 2 atom stereocenters. The molecule has 2 fully saturated rings. The predicted molar refractivity (Wildman–Crippen MR) is 104 cm³/mol. The first-order valence-corrected chi connectivity index (χ1v) is 11.5. The van der Waals surface area contributed by atoms with Gasteiger partial charge in [0.1, 0.15) is 0 Å². The molecule has 3 N–H and O–H groups in total. The van der Waals surface area contributed by atoms with Gasteiger partial charge in [0, 0.05) is 19.6 Å². The van der Waals surface area contributed by atoms with Crippen molar-refractivity contribution in [1.29, 1.82) is 0 Å². The third-order valence-electron chi connectivity index (χ3n) is 6.22. The van der Waals surface area contributed by atoms with Gasteiger partial charge in [-0.25, -0.2) is 4.79 Å². The van der Waals surface area contributed by atoms with Gasteiger partial charge in [-0.1, -0.05) is 18.2 Å². The van der Waals surface area contributed by atoms with Gasteiger partial charge in [0.05, 0.1) is 29.8 Å². The number of hydrogen-bond donors (Lipinski definition) is 3. The highest BCUT2D eigenvalue weighted by atomic mass is 32.3. The molecule has 3 heterocycles. The number of halogens is 3. The second-order valence-electron chi connectivity index (χ2n) is 8.14. The van der Waals surface area contributed by atoms with Crippen LogP contribution in [0.3, 0.4) is 0 Å². The fourth-order valence-corrected chi connectivity index (χ4v) is 6.35. The van der Waals surface area contributed by atoms with Gasteiger partial charge in [0.2, 0.25) is 6.10 Å². The molecular formula is C19H25F3N2O6S. The van der Waals surface area contributed by atoms with E-state index in [2.05, 4.69) is 4.74 Å². The lowest BCUT2D eigenvalue weighted by molar-refractivity contribution is -0.215. The third-order valence-corrected chi connectivity index (χ3v) is 8.29. The Labute approximate surface area is 179 Å². The molecule has 0 saturated carbocycles. The van der Waals surface area contributed by atoms with Gasteiger partial charge in [0.15, 0.2) is 0 Å². The fraction of sp³-hybridized carbons (Fsp3) is 0.632. The molecule has 174 valence electrons. The maximum Gasteiger partial charge on any atom is 0.427 e. The normalized spacial score (nSPS) is 27.2. The monoisotopic (exact) mass is 466 g/mol. The van der Waals surface area contributed by atoms with Gasteiger partial charge in [0.25, 0.3) is 0 Å².